The second-order valence-electron chi connectivity index (χ2n) is 2.14. The number of ether oxygens (including phenoxy) is 1. The molecular weight excluding hydrogens is 166 g/mol. The van der Waals surface area contributed by atoms with Crippen LogP contribution >= 0.6 is 0 Å². The Balaban J connectivity index is 3.11. The van der Waals surface area contributed by atoms with Crippen LogP contribution in [0.15, 0.2) is 12.1 Å². The van der Waals surface area contributed by atoms with E-state index >= 15 is 0 Å². The van der Waals surface area contributed by atoms with Crippen molar-refractivity contribution in [1.29, 1.82) is 0 Å². The monoisotopic (exact) mass is 174 g/mol. The van der Waals surface area contributed by atoms with E-state index in [0.717, 1.165) is 0 Å². The van der Waals surface area contributed by atoms with E-state index in [1.165, 1.54) is 19.2 Å². The summed E-state index contributed by atoms with van der Waals surface area (Å²) in [7, 11) is 1.27. The lowest BCUT2D eigenvalue weighted by atomic mass is 10.3. The molecule has 2 N–H and O–H groups in total. The molecule has 1 aromatic heterocycles. The van der Waals surface area contributed by atoms with Gasteiger partial charge in [0.1, 0.15) is 5.82 Å². The molecule has 0 saturated carbocycles. The topological polar surface area (TPSA) is 48.1 Å². The smallest absolute Gasteiger partial charge is 0.269 e. The average molecular weight is 174 g/mol. The predicted octanol–water partition coefficient (Wildman–Crippen LogP) is 1.61. The summed E-state index contributed by atoms with van der Waals surface area (Å²) < 4.78 is 29.0. The highest BCUT2D eigenvalue weighted by Crippen LogP contribution is 2.27. The van der Waals surface area contributed by atoms with Gasteiger partial charge in [0.05, 0.1) is 12.7 Å². The predicted molar refractivity (Wildman–Crippen MR) is 40.2 cm³/mol. The molecule has 3 nitrogen and oxygen atoms in total. The molecule has 0 fully saturated rings. The number of pyridine rings is 1. The van der Waals surface area contributed by atoms with E-state index in [1.807, 2.05) is 0 Å². The zero-order valence-corrected chi connectivity index (χ0v) is 6.42. The van der Waals surface area contributed by atoms with Crippen molar-refractivity contribution >= 4 is 5.82 Å². The van der Waals surface area contributed by atoms with Gasteiger partial charge in [-0.25, -0.2) is 8.78 Å². The molecule has 0 aliphatic rings. The minimum Gasteiger partial charge on any atom is -0.481 e. The Morgan fingerprint density at radius 2 is 2.17 bits per heavy atom. The number of hydrogen-bond acceptors (Lipinski definition) is 3. The molecule has 0 aliphatic heterocycles. The number of aromatic nitrogens is 1. The zero-order valence-electron chi connectivity index (χ0n) is 6.42. The van der Waals surface area contributed by atoms with Gasteiger partial charge in [0, 0.05) is 0 Å². The van der Waals surface area contributed by atoms with Crippen molar-refractivity contribution < 1.29 is 13.5 Å². The minimum absolute atomic E-state index is 0.120. The van der Waals surface area contributed by atoms with Gasteiger partial charge in [-0.05, 0) is 12.1 Å². The zero-order chi connectivity index (χ0) is 9.14. The van der Waals surface area contributed by atoms with E-state index < -0.39 is 6.43 Å². The number of rotatable bonds is 2. The summed E-state index contributed by atoms with van der Waals surface area (Å²) >= 11 is 0. The van der Waals surface area contributed by atoms with Crippen molar-refractivity contribution in [1.82, 2.24) is 4.98 Å². The van der Waals surface area contributed by atoms with Crippen LogP contribution in [-0.2, 0) is 0 Å². The Kier molecular flexibility index (Phi) is 2.42. The van der Waals surface area contributed by atoms with Crippen LogP contribution in [0.1, 0.15) is 12.0 Å². The first-order valence-corrected chi connectivity index (χ1v) is 3.23. The molecule has 66 valence electrons. The summed E-state index contributed by atoms with van der Waals surface area (Å²) in [6.07, 6.45) is -2.59. The lowest BCUT2D eigenvalue weighted by Crippen LogP contribution is -1.98. The minimum atomic E-state index is -2.59. The molecule has 0 unspecified atom stereocenters. The maximum Gasteiger partial charge on any atom is 0.269 e. The van der Waals surface area contributed by atoms with Crippen LogP contribution in [0.3, 0.4) is 0 Å². The lowest BCUT2D eigenvalue weighted by molar-refractivity contribution is 0.146. The molecule has 0 aliphatic carbocycles. The average Bonchev–Trinajstić information content (AvgIpc) is 2.03. The number of methoxy groups -OCH3 is 1. The van der Waals surface area contributed by atoms with Gasteiger partial charge in [0.25, 0.3) is 6.43 Å². The van der Waals surface area contributed by atoms with Crippen molar-refractivity contribution in [2.75, 3.05) is 12.8 Å². The number of hydrogen-bond donors (Lipinski definition) is 1. The fourth-order valence-corrected chi connectivity index (χ4v) is 0.795. The van der Waals surface area contributed by atoms with Gasteiger partial charge in [-0.3, -0.25) is 0 Å². The third kappa shape index (κ3) is 1.61. The normalized spacial score (nSPS) is 10.3. The third-order valence-corrected chi connectivity index (χ3v) is 1.34. The van der Waals surface area contributed by atoms with Crippen molar-refractivity contribution in [2.45, 2.75) is 6.43 Å². The Hall–Kier alpha value is -1.39. The lowest BCUT2D eigenvalue weighted by Gasteiger charge is -2.05. The first kappa shape index (κ1) is 8.70. The summed E-state index contributed by atoms with van der Waals surface area (Å²) in [5.41, 5.74) is 5.02. The molecule has 0 bridgehead atoms. The summed E-state index contributed by atoms with van der Waals surface area (Å²) in [6, 6.07) is 2.51. The van der Waals surface area contributed by atoms with Gasteiger partial charge in [0.2, 0.25) is 5.88 Å². The summed E-state index contributed by atoms with van der Waals surface area (Å²) in [5.74, 6) is 0.0428. The molecule has 5 heteroatoms. The van der Waals surface area contributed by atoms with E-state index in [4.69, 9.17) is 5.73 Å². The molecule has 0 aromatic carbocycles. The number of halogens is 2. The highest BCUT2D eigenvalue weighted by Gasteiger charge is 2.14. The van der Waals surface area contributed by atoms with Gasteiger partial charge in [0.15, 0.2) is 0 Å². The molecule has 0 spiro atoms. The van der Waals surface area contributed by atoms with Gasteiger partial charge in [-0.2, -0.15) is 4.98 Å². The van der Waals surface area contributed by atoms with Crippen molar-refractivity contribution in [3.05, 3.63) is 17.7 Å². The van der Waals surface area contributed by atoms with Gasteiger partial charge >= 0.3 is 0 Å². The van der Waals surface area contributed by atoms with Crippen LogP contribution in [0.25, 0.3) is 0 Å². The maximum atomic E-state index is 12.2. The van der Waals surface area contributed by atoms with E-state index in [-0.39, 0.29) is 17.3 Å². The molecule has 0 atom stereocenters. The fraction of sp³-hybridized carbons (Fsp3) is 0.286. The number of nitrogens with two attached hydrogens (primary N) is 1. The highest BCUT2D eigenvalue weighted by atomic mass is 19.3. The molecule has 1 aromatic rings. The molecular formula is C7H8F2N2O. The number of anilines is 1. The van der Waals surface area contributed by atoms with Gasteiger partial charge < -0.3 is 10.5 Å². The Labute approximate surface area is 68.2 Å². The third-order valence-electron chi connectivity index (χ3n) is 1.34. The highest BCUT2D eigenvalue weighted by molar-refractivity contribution is 5.38. The van der Waals surface area contributed by atoms with Crippen molar-refractivity contribution in [3.63, 3.8) is 0 Å². The Morgan fingerprint density at radius 3 is 2.67 bits per heavy atom. The van der Waals surface area contributed by atoms with Crippen LogP contribution < -0.4 is 10.5 Å². The molecule has 12 heavy (non-hydrogen) atoms. The van der Waals surface area contributed by atoms with E-state index in [9.17, 15) is 8.78 Å². The SMILES string of the molecule is COc1nc(N)ccc1C(F)F. The number of alkyl halides is 2. The summed E-state index contributed by atoms with van der Waals surface area (Å²) in [5, 5.41) is 0. The van der Waals surface area contributed by atoms with Crippen molar-refractivity contribution in [2.24, 2.45) is 0 Å². The second-order valence-corrected chi connectivity index (χ2v) is 2.14. The molecule has 0 radical (unpaired) electrons. The number of nitrogens with zero attached hydrogens (tertiary/aromatic N) is 1. The van der Waals surface area contributed by atoms with Crippen LogP contribution in [-0.4, -0.2) is 12.1 Å². The van der Waals surface area contributed by atoms with Gasteiger partial charge in [-0.1, -0.05) is 0 Å². The Bertz CT molecular complexity index is 278. The van der Waals surface area contributed by atoms with Crippen LogP contribution in [0, 0.1) is 0 Å². The first-order valence-electron chi connectivity index (χ1n) is 3.23. The van der Waals surface area contributed by atoms with Crippen LogP contribution in [0.2, 0.25) is 0 Å². The van der Waals surface area contributed by atoms with Gasteiger partial charge in [-0.15, -0.1) is 0 Å². The first-order chi connectivity index (χ1) is 5.65. The van der Waals surface area contributed by atoms with E-state index in [0.29, 0.717) is 0 Å². The van der Waals surface area contributed by atoms with Crippen molar-refractivity contribution in [3.8, 4) is 5.88 Å². The molecule has 0 saturated heterocycles. The Morgan fingerprint density at radius 1 is 1.50 bits per heavy atom. The maximum absolute atomic E-state index is 12.2. The molecule has 1 heterocycles. The number of nitrogen functional groups attached to an aromatic ring is 1. The molecule has 1 rings (SSSR count). The van der Waals surface area contributed by atoms with Crippen LogP contribution in [0.4, 0.5) is 14.6 Å². The summed E-state index contributed by atoms with van der Waals surface area (Å²) in [6.45, 7) is 0. The standard InChI is InChI=1S/C7H8F2N2O/c1-12-7-4(6(8)9)2-3-5(10)11-7/h2-3,6H,1H3,(H2,10,11). The quantitative estimate of drug-likeness (QED) is 0.740. The summed E-state index contributed by atoms with van der Waals surface area (Å²) in [4.78, 5) is 3.59. The largest absolute Gasteiger partial charge is 0.481 e. The molecule has 0 amide bonds. The fourth-order valence-electron chi connectivity index (χ4n) is 0.795. The van der Waals surface area contributed by atoms with Crippen LogP contribution in [0.5, 0.6) is 5.88 Å². The second kappa shape index (κ2) is 3.34. The van der Waals surface area contributed by atoms with E-state index in [2.05, 4.69) is 9.72 Å². The van der Waals surface area contributed by atoms with E-state index in [1.54, 1.807) is 0 Å².